The Morgan fingerprint density at radius 1 is 0.647 bits per heavy atom. The summed E-state index contributed by atoms with van der Waals surface area (Å²) in [4.78, 5) is 44.0. The Kier molecular flexibility index (Phi) is 11.8. The van der Waals surface area contributed by atoms with Gasteiger partial charge in [0.15, 0.2) is 11.6 Å². The molecule has 2 rings (SSSR count). The first-order chi connectivity index (χ1) is 16.2. The highest BCUT2D eigenvalue weighted by molar-refractivity contribution is 6.09. The molecular weight excluding hydrogens is 436 g/mol. The Morgan fingerprint density at radius 3 is 1.15 bits per heavy atom. The molecule has 0 N–H and O–H groups in total. The van der Waals surface area contributed by atoms with Crippen molar-refractivity contribution in [2.75, 3.05) is 0 Å². The van der Waals surface area contributed by atoms with Crippen molar-refractivity contribution in [3.05, 3.63) is 103 Å². The average molecular weight is 467 g/mol. The van der Waals surface area contributed by atoms with Crippen LogP contribution in [0.2, 0.25) is 0 Å². The lowest BCUT2D eigenvalue weighted by atomic mass is 10.0. The molecule has 0 bridgehead atoms. The number of carbonyl (C=O) groups excluding carboxylic acids is 2. The lowest BCUT2D eigenvalue weighted by molar-refractivity contribution is -0.385. The number of nitrogens with zero attached hydrogens (tertiary/aromatic N) is 2. The fourth-order valence-electron chi connectivity index (χ4n) is 3.13. The molecule has 0 spiro atoms. The average Bonchev–Trinajstić information content (AvgIpc) is 2.85. The van der Waals surface area contributed by atoms with E-state index >= 15 is 0 Å². The van der Waals surface area contributed by atoms with E-state index in [1.54, 1.807) is 0 Å². The number of nitro groups is 2. The van der Waals surface area contributed by atoms with Gasteiger partial charge in [0.1, 0.15) is 0 Å². The van der Waals surface area contributed by atoms with Crippen molar-refractivity contribution < 1.29 is 19.4 Å². The number of rotatable bonds is 10. The Morgan fingerprint density at radius 2 is 0.941 bits per heavy atom. The lowest BCUT2D eigenvalue weighted by Gasteiger charge is -2.03. The van der Waals surface area contributed by atoms with Crippen LogP contribution >= 0.6 is 0 Å². The largest absolute Gasteiger partial charge is 0.289 e. The number of hydrogen-bond acceptors (Lipinski definition) is 6. The molecule has 0 unspecified atom stereocenters. The van der Waals surface area contributed by atoms with E-state index in [1.807, 2.05) is 39.8 Å². The van der Waals surface area contributed by atoms with Crippen LogP contribution in [-0.2, 0) is 0 Å². The van der Waals surface area contributed by atoms with Crippen LogP contribution in [0, 0.1) is 20.2 Å². The number of hydrogen-bond donors (Lipinski definition) is 0. The molecule has 8 heteroatoms. The number of benzene rings is 2. The van der Waals surface area contributed by atoms with Gasteiger partial charge in [-0.15, -0.1) is 0 Å². The van der Waals surface area contributed by atoms with E-state index < -0.39 is 9.85 Å². The number of allylic oxidation sites excluding steroid dienone is 4. The van der Waals surface area contributed by atoms with Crippen LogP contribution in [0.4, 0.5) is 11.4 Å². The van der Waals surface area contributed by atoms with Gasteiger partial charge in [-0.3, -0.25) is 29.8 Å². The Labute approximate surface area is 199 Å². The van der Waals surface area contributed by atoms with Crippen molar-refractivity contribution in [3.63, 3.8) is 0 Å². The summed E-state index contributed by atoms with van der Waals surface area (Å²) in [6.07, 6.45) is 6.74. The van der Waals surface area contributed by atoms with Gasteiger partial charge in [-0.1, -0.05) is 39.8 Å². The highest BCUT2D eigenvalue weighted by atomic mass is 16.6. The van der Waals surface area contributed by atoms with E-state index in [1.165, 1.54) is 48.5 Å². The van der Waals surface area contributed by atoms with Crippen LogP contribution in [0.15, 0.2) is 71.8 Å². The van der Waals surface area contributed by atoms with Gasteiger partial charge < -0.3 is 0 Å². The molecule has 34 heavy (non-hydrogen) atoms. The van der Waals surface area contributed by atoms with Gasteiger partial charge in [-0.25, -0.2) is 0 Å². The van der Waals surface area contributed by atoms with E-state index in [0.29, 0.717) is 24.0 Å². The van der Waals surface area contributed by atoms with Gasteiger partial charge in [-0.05, 0) is 61.1 Å². The molecule has 2 aromatic carbocycles. The van der Waals surface area contributed by atoms with E-state index in [2.05, 4.69) is 0 Å². The van der Waals surface area contributed by atoms with Crippen LogP contribution in [0.1, 0.15) is 74.1 Å². The maximum absolute atomic E-state index is 12.0. The van der Waals surface area contributed by atoms with Crippen molar-refractivity contribution in [1.82, 2.24) is 0 Å². The molecule has 0 heterocycles. The number of ketones is 2. The highest BCUT2D eigenvalue weighted by Crippen LogP contribution is 2.18. The SMILES string of the molecule is CC/C=C(\CC)C(=O)c1ccc([N+](=O)[O-])cc1.CC/C=C(\CC)C(=O)c1ccc([N+](=O)[O-])cc1. The first-order valence-electron chi connectivity index (χ1n) is 11.2. The van der Waals surface area contributed by atoms with Crippen LogP contribution in [0.5, 0.6) is 0 Å². The maximum Gasteiger partial charge on any atom is 0.269 e. The van der Waals surface area contributed by atoms with Gasteiger partial charge in [0.05, 0.1) is 9.85 Å². The fraction of sp³-hybridized carbons (Fsp3) is 0.308. The van der Waals surface area contributed by atoms with Gasteiger partial charge in [0, 0.05) is 35.4 Å². The standard InChI is InChI=1S/2C13H15NO3/c2*1-3-5-10(4-2)13(15)11-6-8-12(9-7-11)14(16)17/h2*5-9H,3-4H2,1-2H3/b2*10-5+. The third kappa shape index (κ3) is 8.20. The number of nitro benzene ring substituents is 2. The zero-order valence-corrected chi connectivity index (χ0v) is 19.9. The zero-order chi connectivity index (χ0) is 25.7. The van der Waals surface area contributed by atoms with Crippen molar-refractivity contribution in [2.24, 2.45) is 0 Å². The summed E-state index contributed by atoms with van der Waals surface area (Å²) in [6, 6.07) is 11.4. The molecule has 0 aromatic heterocycles. The minimum absolute atomic E-state index is 0.000861. The monoisotopic (exact) mass is 466 g/mol. The summed E-state index contributed by atoms with van der Waals surface area (Å²) in [5.74, 6) is -0.103. The Hall–Kier alpha value is -3.94. The summed E-state index contributed by atoms with van der Waals surface area (Å²) in [7, 11) is 0. The summed E-state index contributed by atoms with van der Waals surface area (Å²) in [5.41, 5.74) is 2.50. The third-order valence-electron chi connectivity index (χ3n) is 4.93. The minimum Gasteiger partial charge on any atom is -0.289 e. The summed E-state index contributed by atoms with van der Waals surface area (Å²) in [5, 5.41) is 21.0. The van der Waals surface area contributed by atoms with E-state index in [0.717, 1.165) is 24.0 Å². The minimum atomic E-state index is -0.475. The van der Waals surface area contributed by atoms with Crippen LogP contribution in [0.25, 0.3) is 0 Å². The Bertz CT molecular complexity index is 980. The molecule has 0 radical (unpaired) electrons. The number of carbonyl (C=O) groups is 2. The van der Waals surface area contributed by atoms with E-state index in [9.17, 15) is 29.8 Å². The molecule has 0 atom stereocenters. The molecule has 0 aliphatic rings. The van der Waals surface area contributed by atoms with Crippen molar-refractivity contribution in [2.45, 2.75) is 53.4 Å². The van der Waals surface area contributed by atoms with Crippen LogP contribution < -0.4 is 0 Å². The molecule has 0 amide bonds. The topological polar surface area (TPSA) is 120 Å². The lowest BCUT2D eigenvalue weighted by Crippen LogP contribution is -2.03. The molecule has 0 aliphatic carbocycles. The van der Waals surface area contributed by atoms with Gasteiger partial charge >= 0.3 is 0 Å². The van der Waals surface area contributed by atoms with E-state index in [4.69, 9.17) is 0 Å². The maximum atomic E-state index is 12.0. The van der Waals surface area contributed by atoms with Crippen molar-refractivity contribution in [3.8, 4) is 0 Å². The predicted octanol–water partition coefficient (Wildman–Crippen LogP) is 7.05. The molecule has 2 aromatic rings. The zero-order valence-electron chi connectivity index (χ0n) is 19.9. The predicted molar refractivity (Wildman–Crippen MR) is 132 cm³/mol. The molecule has 0 saturated carbocycles. The van der Waals surface area contributed by atoms with Crippen molar-refractivity contribution >= 4 is 22.9 Å². The quantitative estimate of drug-likeness (QED) is 0.160. The molecule has 0 fully saturated rings. The molecule has 0 aliphatic heterocycles. The van der Waals surface area contributed by atoms with E-state index in [-0.39, 0.29) is 22.9 Å². The van der Waals surface area contributed by atoms with Crippen molar-refractivity contribution in [1.29, 1.82) is 0 Å². The summed E-state index contributed by atoms with van der Waals surface area (Å²) in [6.45, 7) is 7.78. The normalized spacial score (nSPS) is 11.3. The third-order valence-corrected chi connectivity index (χ3v) is 4.93. The summed E-state index contributed by atoms with van der Waals surface area (Å²) < 4.78 is 0. The second-order valence-corrected chi connectivity index (χ2v) is 7.25. The molecule has 0 saturated heterocycles. The first-order valence-corrected chi connectivity index (χ1v) is 11.2. The Balaban J connectivity index is 0.000000340. The fourth-order valence-corrected chi connectivity index (χ4v) is 3.13. The van der Waals surface area contributed by atoms with Crippen LogP contribution in [0.3, 0.4) is 0 Å². The molecule has 180 valence electrons. The van der Waals surface area contributed by atoms with Gasteiger partial charge in [-0.2, -0.15) is 0 Å². The van der Waals surface area contributed by atoms with Crippen LogP contribution in [-0.4, -0.2) is 21.4 Å². The van der Waals surface area contributed by atoms with Gasteiger partial charge in [0.2, 0.25) is 0 Å². The highest BCUT2D eigenvalue weighted by Gasteiger charge is 2.13. The second kappa shape index (κ2) is 14.3. The smallest absolute Gasteiger partial charge is 0.269 e. The molecule has 8 nitrogen and oxygen atoms in total. The molecular formula is C26H30N2O6. The number of non-ortho nitro benzene ring substituents is 2. The van der Waals surface area contributed by atoms with Gasteiger partial charge in [0.25, 0.3) is 11.4 Å². The number of Topliss-reactive ketones (excluding diaryl/α,β-unsaturated/α-hetero) is 2. The second-order valence-electron chi connectivity index (χ2n) is 7.25. The first kappa shape index (κ1) is 28.1. The summed E-state index contributed by atoms with van der Waals surface area (Å²) >= 11 is 0.